The lowest BCUT2D eigenvalue weighted by Gasteiger charge is -2.05. The van der Waals surface area contributed by atoms with E-state index < -0.39 is 5.63 Å². The van der Waals surface area contributed by atoms with Crippen molar-refractivity contribution in [2.75, 3.05) is 11.1 Å². The second-order valence-electron chi connectivity index (χ2n) is 5.69. The Balaban J connectivity index is 1.73. The predicted octanol–water partition coefficient (Wildman–Crippen LogP) is 4.55. The smallest absolute Gasteiger partial charge is 0.345 e. The summed E-state index contributed by atoms with van der Waals surface area (Å²) >= 11 is 1.44. The van der Waals surface area contributed by atoms with Gasteiger partial charge in [-0.3, -0.25) is 0 Å². The molecule has 0 fully saturated rings. The number of nitrogens with zero attached hydrogens (tertiary/aromatic N) is 1. The van der Waals surface area contributed by atoms with Gasteiger partial charge in [0.2, 0.25) is 0 Å². The molecule has 25 heavy (non-hydrogen) atoms. The van der Waals surface area contributed by atoms with Crippen LogP contribution in [0.25, 0.3) is 22.2 Å². The van der Waals surface area contributed by atoms with Crippen molar-refractivity contribution in [2.24, 2.45) is 0 Å². The van der Waals surface area contributed by atoms with Crippen LogP contribution in [0.5, 0.6) is 0 Å². The summed E-state index contributed by atoms with van der Waals surface area (Å²) in [4.78, 5) is 16.9. The number of anilines is 3. The molecule has 124 valence electrons. The van der Waals surface area contributed by atoms with E-state index in [-0.39, 0.29) is 0 Å². The number of rotatable bonds is 3. The minimum Gasteiger partial charge on any atom is -0.420 e. The summed E-state index contributed by atoms with van der Waals surface area (Å²) in [5, 5.41) is 6.61. The number of thiazole rings is 1. The highest BCUT2D eigenvalue weighted by Gasteiger charge is 2.13. The fourth-order valence-corrected chi connectivity index (χ4v) is 3.35. The number of aromatic nitrogens is 1. The zero-order valence-corrected chi connectivity index (χ0v) is 14.3. The molecule has 0 unspecified atom stereocenters. The molecule has 0 aliphatic heterocycles. The van der Waals surface area contributed by atoms with Gasteiger partial charge in [-0.2, -0.15) is 0 Å². The van der Waals surface area contributed by atoms with E-state index in [0.29, 0.717) is 22.5 Å². The van der Waals surface area contributed by atoms with Gasteiger partial charge in [0.25, 0.3) is 0 Å². The molecule has 0 saturated carbocycles. The SMILES string of the molecule is Cc1ccccc1Nc1nc(-c2cc3cccc(N)c3oc2=O)cs1. The van der Waals surface area contributed by atoms with Gasteiger partial charge in [0.1, 0.15) is 0 Å². The van der Waals surface area contributed by atoms with Crippen LogP contribution in [0.15, 0.2) is 63.1 Å². The molecular weight excluding hydrogens is 334 g/mol. The van der Waals surface area contributed by atoms with E-state index in [1.807, 2.05) is 48.7 Å². The fraction of sp³-hybridized carbons (Fsp3) is 0.0526. The van der Waals surface area contributed by atoms with E-state index in [1.54, 1.807) is 12.1 Å². The van der Waals surface area contributed by atoms with Crippen LogP contribution in [-0.4, -0.2) is 4.98 Å². The summed E-state index contributed by atoms with van der Waals surface area (Å²) < 4.78 is 5.39. The van der Waals surface area contributed by atoms with Crippen molar-refractivity contribution < 1.29 is 4.42 Å². The summed E-state index contributed by atoms with van der Waals surface area (Å²) in [5.74, 6) is 0. The topological polar surface area (TPSA) is 81.2 Å². The molecule has 0 saturated heterocycles. The largest absolute Gasteiger partial charge is 0.420 e. The van der Waals surface area contributed by atoms with Gasteiger partial charge in [-0.25, -0.2) is 9.78 Å². The van der Waals surface area contributed by atoms with Gasteiger partial charge < -0.3 is 15.5 Å². The van der Waals surface area contributed by atoms with Gasteiger partial charge in [-0.15, -0.1) is 11.3 Å². The summed E-state index contributed by atoms with van der Waals surface area (Å²) in [7, 11) is 0. The number of nitrogen functional groups attached to an aromatic ring is 1. The molecule has 0 atom stereocenters. The number of benzene rings is 2. The highest BCUT2D eigenvalue weighted by molar-refractivity contribution is 7.14. The van der Waals surface area contributed by atoms with E-state index >= 15 is 0 Å². The van der Waals surface area contributed by atoms with Crippen molar-refractivity contribution in [3.8, 4) is 11.3 Å². The lowest BCUT2D eigenvalue weighted by atomic mass is 10.1. The van der Waals surface area contributed by atoms with E-state index in [9.17, 15) is 4.79 Å². The molecule has 2 aromatic carbocycles. The highest BCUT2D eigenvalue weighted by Crippen LogP contribution is 2.29. The maximum atomic E-state index is 12.3. The molecule has 2 aromatic heterocycles. The van der Waals surface area contributed by atoms with E-state index in [2.05, 4.69) is 10.3 Å². The first-order valence-electron chi connectivity index (χ1n) is 7.73. The van der Waals surface area contributed by atoms with Crippen molar-refractivity contribution in [1.82, 2.24) is 4.98 Å². The average molecular weight is 349 g/mol. The second-order valence-corrected chi connectivity index (χ2v) is 6.55. The van der Waals surface area contributed by atoms with Gasteiger partial charge >= 0.3 is 5.63 Å². The van der Waals surface area contributed by atoms with Crippen molar-refractivity contribution in [3.63, 3.8) is 0 Å². The Morgan fingerprint density at radius 3 is 2.84 bits per heavy atom. The molecule has 0 radical (unpaired) electrons. The van der Waals surface area contributed by atoms with Gasteiger partial charge in [-0.1, -0.05) is 30.3 Å². The Morgan fingerprint density at radius 1 is 1.16 bits per heavy atom. The van der Waals surface area contributed by atoms with Crippen LogP contribution in [0.3, 0.4) is 0 Å². The molecule has 0 spiro atoms. The summed E-state index contributed by atoms with van der Waals surface area (Å²) in [6.07, 6.45) is 0. The summed E-state index contributed by atoms with van der Waals surface area (Å²) in [5.41, 5.74) is 9.39. The minimum atomic E-state index is -0.446. The third kappa shape index (κ3) is 2.88. The van der Waals surface area contributed by atoms with Crippen LogP contribution in [0, 0.1) is 6.92 Å². The van der Waals surface area contributed by atoms with Gasteiger partial charge in [0.15, 0.2) is 10.7 Å². The Morgan fingerprint density at radius 2 is 2.00 bits per heavy atom. The maximum absolute atomic E-state index is 12.3. The second kappa shape index (κ2) is 6.07. The summed E-state index contributed by atoms with van der Waals surface area (Å²) in [6, 6.07) is 15.1. The maximum Gasteiger partial charge on any atom is 0.345 e. The molecule has 0 aliphatic carbocycles. The molecule has 0 bridgehead atoms. The summed E-state index contributed by atoms with van der Waals surface area (Å²) in [6.45, 7) is 2.03. The minimum absolute atomic E-state index is 0.407. The van der Waals surface area contributed by atoms with E-state index in [0.717, 1.165) is 21.8 Å². The monoisotopic (exact) mass is 349 g/mol. The lowest BCUT2D eigenvalue weighted by molar-refractivity contribution is 0.564. The fourth-order valence-electron chi connectivity index (χ4n) is 2.63. The van der Waals surface area contributed by atoms with E-state index in [1.165, 1.54) is 11.3 Å². The first-order chi connectivity index (χ1) is 12.1. The van der Waals surface area contributed by atoms with Crippen molar-refractivity contribution >= 4 is 38.8 Å². The first kappa shape index (κ1) is 15.4. The third-order valence-electron chi connectivity index (χ3n) is 3.96. The molecule has 2 heterocycles. The van der Waals surface area contributed by atoms with Crippen LogP contribution in [0.2, 0.25) is 0 Å². The Labute approximate surface area is 147 Å². The first-order valence-corrected chi connectivity index (χ1v) is 8.61. The quantitative estimate of drug-likeness (QED) is 0.419. The number of hydrogen-bond acceptors (Lipinski definition) is 6. The number of nitrogens with one attached hydrogen (secondary N) is 1. The van der Waals surface area contributed by atoms with Crippen LogP contribution in [0.1, 0.15) is 5.56 Å². The molecule has 0 amide bonds. The molecule has 3 N–H and O–H groups in total. The van der Waals surface area contributed by atoms with E-state index in [4.69, 9.17) is 10.2 Å². The molecule has 5 nitrogen and oxygen atoms in total. The Kier molecular flexibility index (Phi) is 3.74. The third-order valence-corrected chi connectivity index (χ3v) is 4.71. The number of aryl methyl sites for hydroxylation is 1. The zero-order valence-electron chi connectivity index (χ0n) is 13.4. The molecule has 4 aromatic rings. The zero-order chi connectivity index (χ0) is 17.4. The van der Waals surface area contributed by atoms with Crippen molar-refractivity contribution in [1.29, 1.82) is 0 Å². The van der Waals surface area contributed by atoms with Gasteiger partial charge in [-0.05, 0) is 30.7 Å². The normalized spacial score (nSPS) is 10.9. The predicted molar refractivity (Wildman–Crippen MR) is 102 cm³/mol. The number of nitrogens with two attached hydrogens (primary N) is 1. The average Bonchev–Trinajstić information content (AvgIpc) is 3.06. The molecule has 6 heteroatoms. The van der Waals surface area contributed by atoms with Crippen LogP contribution in [-0.2, 0) is 0 Å². The van der Waals surface area contributed by atoms with Crippen LogP contribution >= 0.6 is 11.3 Å². The highest BCUT2D eigenvalue weighted by atomic mass is 32.1. The number of hydrogen-bond donors (Lipinski definition) is 2. The van der Waals surface area contributed by atoms with Gasteiger partial charge in [0.05, 0.1) is 16.9 Å². The van der Waals surface area contributed by atoms with Gasteiger partial charge in [0, 0.05) is 16.5 Å². The standard InChI is InChI=1S/C19H15N3O2S/c1-11-5-2-3-8-15(11)21-19-22-16(10-25-19)13-9-12-6-4-7-14(20)17(12)24-18(13)23/h2-10H,20H2,1H3,(H,21,22). The van der Waals surface area contributed by atoms with Crippen molar-refractivity contribution in [2.45, 2.75) is 6.92 Å². The molecular formula is C19H15N3O2S. The number of para-hydroxylation sites is 2. The lowest BCUT2D eigenvalue weighted by Crippen LogP contribution is -2.04. The Bertz CT molecular complexity index is 1130. The number of fused-ring (bicyclic) bond motifs is 1. The van der Waals surface area contributed by atoms with Crippen LogP contribution in [0.4, 0.5) is 16.5 Å². The molecule has 0 aliphatic rings. The van der Waals surface area contributed by atoms with Crippen LogP contribution < -0.4 is 16.7 Å². The Hall–Kier alpha value is -3.12. The van der Waals surface area contributed by atoms with Crippen molar-refractivity contribution in [3.05, 3.63) is 69.9 Å². The molecule has 4 rings (SSSR count).